The van der Waals surface area contributed by atoms with Crippen LogP contribution in [0, 0.1) is 17.7 Å². The predicted molar refractivity (Wildman–Crippen MR) is 101 cm³/mol. The van der Waals surface area contributed by atoms with Crippen LogP contribution in [0.15, 0.2) is 24.3 Å². The Balaban J connectivity index is 1.25. The summed E-state index contributed by atoms with van der Waals surface area (Å²) in [4.78, 5) is 27.2. The van der Waals surface area contributed by atoms with Crippen molar-refractivity contribution in [1.82, 2.24) is 4.90 Å². The summed E-state index contributed by atoms with van der Waals surface area (Å²) < 4.78 is 25.2. The summed E-state index contributed by atoms with van der Waals surface area (Å²) in [5.41, 5.74) is 0.212. The van der Waals surface area contributed by atoms with Crippen LogP contribution in [0.5, 0.6) is 0 Å². The molecule has 1 aromatic carbocycles. The molecule has 1 aliphatic carbocycles. The molecule has 1 saturated carbocycles. The molecule has 152 valence electrons. The maximum absolute atomic E-state index is 13.7. The molecule has 2 aliphatic heterocycles. The summed E-state index contributed by atoms with van der Waals surface area (Å²) >= 11 is 0. The maximum Gasteiger partial charge on any atom is 0.227 e. The Labute approximate surface area is 164 Å². The summed E-state index contributed by atoms with van der Waals surface area (Å²) in [5, 5.41) is 2.68. The lowest BCUT2D eigenvalue weighted by atomic mass is 9.80. The van der Waals surface area contributed by atoms with Crippen molar-refractivity contribution in [2.75, 3.05) is 31.6 Å². The highest BCUT2D eigenvalue weighted by Crippen LogP contribution is 2.35. The van der Waals surface area contributed by atoms with E-state index in [-0.39, 0.29) is 29.3 Å². The van der Waals surface area contributed by atoms with E-state index in [1.807, 2.05) is 4.90 Å². The van der Waals surface area contributed by atoms with Gasteiger partial charge >= 0.3 is 0 Å². The molecule has 3 aliphatic rings. The average Bonchev–Trinajstić information content (AvgIpc) is 3.18. The molecule has 1 N–H and O–H groups in total. The number of likely N-dealkylation sites (tertiary alicyclic amines) is 1. The number of carbonyl (C=O) groups is 2. The molecule has 28 heavy (non-hydrogen) atoms. The number of nitrogens with zero attached hydrogens (tertiary/aromatic N) is 1. The highest BCUT2D eigenvalue weighted by molar-refractivity contribution is 5.92. The van der Waals surface area contributed by atoms with Crippen LogP contribution in [0.3, 0.4) is 0 Å². The Morgan fingerprint density at radius 2 is 1.61 bits per heavy atom. The van der Waals surface area contributed by atoms with Crippen LogP contribution in [0.4, 0.5) is 10.1 Å². The molecule has 7 heteroatoms. The van der Waals surface area contributed by atoms with Crippen molar-refractivity contribution in [2.45, 2.75) is 44.3 Å². The molecule has 3 fully saturated rings. The van der Waals surface area contributed by atoms with E-state index in [2.05, 4.69) is 5.32 Å². The fourth-order valence-corrected chi connectivity index (χ4v) is 4.51. The number of amides is 2. The van der Waals surface area contributed by atoms with Crippen LogP contribution in [-0.2, 0) is 19.1 Å². The van der Waals surface area contributed by atoms with Crippen molar-refractivity contribution in [3.8, 4) is 0 Å². The van der Waals surface area contributed by atoms with Gasteiger partial charge in [0.25, 0.3) is 0 Å². The zero-order valence-electron chi connectivity index (χ0n) is 16.0. The smallest absolute Gasteiger partial charge is 0.227 e. The van der Waals surface area contributed by atoms with E-state index >= 15 is 0 Å². The second kappa shape index (κ2) is 8.17. The van der Waals surface area contributed by atoms with Crippen molar-refractivity contribution >= 4 is 17.5 Å². The first kappa shape index (κ1) is 19.3. The molecule has 4 rings (SSSR count). The SMILES string of the molecule is O=C(Nc1ccccc1F)C1CCC(C(=O)N2CCC3(CC2)OCCO3)CC1. The zero-order valence-corrected chi connectivity index (χ0v) is 16.0. The first-order valence-electron chi connectivity index (χ1n) is 10.2. The lowest BCUT2D eigenvalue weighted by Crippen LogP contribution is -2.49. The van der Waals surface area contributed by atoms with Crippen molar-refractivity contribution in [1.29, 1.82) is 0 Å². The minimum absolute atomic E-state index is 0.0306. The van der Waals surface area contributed by atoms with Gasteiger partial charge < -0.3 is 19.7 Å². The number of halogens is 1. The number of benzene rings is 1. The number of para-hydroxylation sites is 1. The van der Waals surface area contributed by atoms with Gasteiger partial charge in [0.1, 0.15) is 5.82 Å². The number of rotatable bonds is 3. The third kappa shape index (κ3) is 4.05. The number of hydrogen-bond donors (Lipinski definition) is 1. The van der Waals surface area contributed by atoms with E-state index in [0.717, 1.165) is 12.8 Å². The first-order valence-corrected chi connectivity index (χ1v) is 10.2. The number of nitrogens with one attached hydrogen (secondary N) is 1. The molecule has 0 atom stereocenters. The van der Waals surface area contributed by atoms with Gasteiger partial charge in [0.2, 0.25) is 11.8 Å². The Morgan fingerprint density at radius 3 is 2.25 bits per heavy atom. The molecule has 0 unspecified atom stereocenters. The molecular weight excluding hydrogens is 363 g/mol. The lowest BCUT2D eigenvalue weighted by Gasteiger charge is -2.39. The highest BCUT2D eigenvalue weighted by atomic mass is 19.1. The molecule has 2 amide bonds. The van der Waals surface area contributed by atoms with Gasteiger partial charge in [0, 0.05) is 37.8 Å². The topological polar surface area (TPSA) is 67.9 Å². The Morgan fingerprint density at radius 1 is 1.00 bits per heavy atom. The number of carbonyl (C=O) groups excluding carboxylic acids is 2. The van der Waals surface area contributed by atoms with Gasteiger partial charge in [-0.05, 0) is 37.8 Å². The van der Waals surface area contributed by atoms with Crippen LogP contribution >= 0.6 is 0 Å². The van der Waals surface area contributed by atoms with Gasteiger partial charge in [0.15, 0.2) is 5.79 Å². The van der Waals surface area contributed by atoms with E-state index in [1.54, 1.807) is 18.2 Å². The van der Waals surface area contributed by atoms with Gasteiger partial charge in [-0.25, -0.2) is 4.39 Å². The van der Waals surface area contributed by atoms with Gasteiger partial charge in [-0.3, -0.25) is 9.59 Å². The molecule has 0 aromatic heterocycles. The molecule has 0 bridgehead atoms. The van der Waals surface area contributed by atoms with Crippen molar-refractivity contribution in [3.05, 3.63) is 30.1 Å². The summed E-state index contributed by atoms with van der Waals surface area (Å²) in [7, 11) is 0. The third-order valence-electron chi connectivity index (χ3n) is 6.23. The van der Waals surface area contributed by atoms with Gasteiger partial charge in [-0.15, -0.1) is 0 Å². The van der Waals surface area contributed by atoms with Crippen LogP contribution in [0.1, 0.15) is 38.5 Å². The second-order valence-electron chi connectivity index (χ2n) is 7.95. The fourth-order valence-electron chi connectivity index (χ4n) is 4.51. The summed E-state index contributed by atoms with van der Waals surface area (Å²) in [5.74, 6) is -1.09. The van der Waals surface area contributed by atoms with Gasteiger partial charge in [0.05, 0.1) is 18.9 Å². The first-order chi connectivity index (χ1) is 13.6. The van der Waals surface area contributed by atoms with E-state index in [9.17, 15) is 14.0 Å². The number of anilines is 1. The zero-order chi connectivity index (χ0) is 19.6. The fraction of sp³-hybridized carbons (Fsp3) is 0.619. The summed E-state index contributed by atoms with van der Waals surface area (Å²) in [6.07, 6.45) is 4.14. The quantitative estimate of drug-likeness (QED) is 0.862. The molecule has 1 aromatic rings. The number of hydrogen-bond acceptors (Lipinski definition) is 4. The van der Waals surface area contributed by atoms with E-state index < -0.39 is 11.6 Å². The molecule has 2 heterocycles. The third-order valence-corrected chi connectivity index (χ3v) is 6.23. The number of piperidine rings is 1. The van der Waals surface area contributed by atoms with Gasteiger partial charge in [-0.2, -0.15) is 0 Å². The monoisotopic (exact) mass is 390 g/mol. The Hall–Kier alpha value is -1.99. The standard InChI is InChI=1S/C21H27FN2O4/c22-17-3-1-2-4-18(17)23-19(25)15-5-7-16(8-6-15)20(26)24-11-9-21(10-12-24)27-13-14-28-21/h1-4,15-16H,5-14H2,(H,23,25). The van der Waals surface area contributed by atoms with Crippen molar-refractivity contribution in [3.63, 3.8) is 0 Å². The predicted octanol–water partition coefficient (Wildman–Crippen LogP) is 2.94. The van der Waals surface area contributed by atoms with Crippen LogP contribution in [0.2, 0.25) is 0 Å². The van der Waals surface area contributed by atoms with Crippen molar-refractivity contribution < 1.29 is 23.5 Å². The van der Waals surface area contributed by atoms with E-state index in [4.69, 9.17) is 9.47 Å². The van der Waals surface area contributed by atoms with E-state index in [0.29, 0.717) is 52.0 Å². The molecular formula is C21H27FN2O4. The van der Waals surface area contributed by atoms with Crippen LogP contribution in [-0.4, -0.2) is 48.8 Å². The minimum Gasteiger partial charge on any atom is -0.347 e. The largest absolute Gasteiger partial charge is 0.347 e. The average molecular weight is 390 g/mol. The van der Waals surface area contributed by atoms with Gasteiger partial charge in [-0.1, -0.05) is 12.1 Å². The lowest BCUT2D eigenvalue weighted by molar-refractivity contribution is -0.188. The molecule has 1 spiro atoms. The summed E-state index contributed by atoms with van der Waals surface area (Å²) in [6, 6.07) is 6.17. The maximum atomic E-state index is 13.7. The minimum atomic E-state index is -0.473. The Bertz CT molecular complexity index is 717. The second-order valence-corrected chi connectivity index (χ2v) is 7.95. The molecule has 6 nitrogen and oxygen atoms in total. The van der Waals surface area contributed by atoms with Crippen LogP contribution in [0.25, 0.3) is 0 Å². The molecule has 0 radical (unpaired) electrons. The normalized spacial score (nSPS) is 27.0. The Kier molecular flexibility index (Phi) is 5.64. The summed E-state index contributed by atoms with van der Waals surface area (Å²) in [6.45, 7) is 2.58. The van der Waals surface area contributed by atoms with Crippen molar-refractivity contribution in [2.24, 2.45) is 11.8 Å². The van der Waals surface area contributed by atoms with E-state index in [1.165, 1.54) is 6.07 Å². The number of ether oxygens (including phenoxy) is 2. The highest BCUT2D eigenvalue weighted by Gasteiger charge is 2.42. The van der Waals surface area contributed by atoms with Crippen LogP contribution < -0.4 is 5.32 Å². The molecule has 2 saturated heterocycles.